The molecule has 0 saturated heterocycles. The van der Waals surface area contributed by atoms with Gasteiger partial charge in [-0.1, -0.05) is 24.7 Å². The number of rotatable bonds is 3. The molecule has 2 rings (SSSR count). The number of carbonyl (C=O) groups excluding carboxylic acids is 1. The van der Waals surface area contributed by atoms with Crippen molar-refractivity contribution in [2.45, 2.75) is 39.0 Å². The second kappa shape index (κ2) is 7.12. The molecule has 3 nitrogen and oxygen atoms in total. The Morgan fingerprint density at radius 2 is 2.10 bits per heavy atom. The predicted molar refractivity (Wildman–Crippen MR) is 82.3 cm³/mol. The van der Waals surface area contributed by atoms with Gasteiger partial charge in [0.05, 0.1) is 6.54 Å². The van der Waals surface area contributed by atoms with Crippen LogP contribution in [0.15, 0.2) is 18.2 Å². The zero-order valence-corrected chi connectivity index (χ0v) is 12.0. The summed E-state index contributed by atoms with van der Waals surface area (Å²) in [4.78, 5) is 12.0. The molecule has 0 aromatic heterocycles. The Balaban J connectivity index is 2.00. The Labute approximate surface area is 120 Å². The largest absolute Gasteiger partial charge is 0.326 e. The van der Waals surface area contributed by atoms with E-state index in [0.29, 0.717) is 18.9 Å². The lowest BCUT2D eigenvalue weighted by molar-refractivity contribution is -0.117. The van der Waals surface area contributed by atoms with Crippen molar-refractivity contribution in [3.63, 3.8) is 0 Å². The number of hydrogen-bond acceptors (Lipinski definition) is 2. The molecule has 1 aliphatic carbocycles. The third-order valence-electron chi connectivity index (χ3n) is 3.64. The number of nitrogens with one attached hydrogen (secondary N) is 1. The minimum atomic E-state index is 0.111. The number of hydrogen-bond donors (Lipinski definition) is 2. The van der Waals surface area contributed by atoms with E-state index in [1.165, 1.54) is 25.7 Å². The highest BCUT2D eigenvalue weighted by Gasteiger charge is 2.18. The van der Waals surface area contributed by atoms with Crippen LogP contribution in [0.5, 0.6) is 0 Å². The van der Waals surface area contributed by atoms with Crippen molar-refractivity contribution >= 4 is 11.6 Å². The molecular formula is C17H22N2O. The van der Waals surface area contributed by atoms with Gasteiger partial charge in [0.25, 0.3) is 0 Å². The van der Waals surface area contributed by atoms with Crippen LogP contribution in [0.25, 0.3) is 0 Å². The standard InChI is InChI=1S/C17H22N2O/c1-13-9-15(7-4-8-18)11-16(10-13)19-17(20)12-14-5-2-3-6-14/h9-11,14H,2-3,5-6,8,12,18H2,1H3,(H,19,20). The molecular weight excluding hydrogens is 248 g/mol. The molecule has 0 heterocycles. The molecule has 3 N–H and O–H groups in total. The smallest absolute Gasteiger partial charge is 0.224 e. The van der Waals surface area contributed by atoms with E-state index >= 15 is 0 Å². The summed E-state index contributed by atoms with van der Waals surface area (Å²) in [7, 11) is 0. The van der Waals surface area contributed by atoms with E-state index in [0.717, 1.165) is 16.8 Å². The quantitative estimate of drug-likeness (QED) is 0.830. The van der Waals surface area contributed by atoms with Crippen molar-refractivity contribution in [2.24, 2.45) is 11.7 Å². The van der Waals surface area contributed by atoms with Crippen molar-refractivity contribution in [1.82, 2.24) is 0 Å². The van der Waals surface area contributed by atoms with Crippen LogP contribution in [-0.4, -0.2) is 12.5 Å². The summed E-state index contributed by atoms with van der Waals surface area (Å²) in [6, 6.07) is 5.87. The summed E-state index contributed by atoms with van der Waals surface area (Å²) in [6.07, 6.45) is 5.54. The molecule has 0 aliphatic heterocycles. The Morgan fingerprint density at radius 1 is 1.35 bits per heavy atom. The number of benzene rings is 1. The lowest BCUT2D eigenvalue weighted by Gasteiger charge is -2.10. The maximum atomic E-state index is 12.0. The SMILES string of the molecule is Cc1cc(C#CCN)cc(NC(=O)CC2CCCC2)c1. The fraction of sp³-hybridized carbons (Fsp3) is 0.471. The van der Waals surface area contributed by atoms with E-state index < -0.39 is 0 Å². The van der Waals surface area contributed by atoms with Gasteiger partial charge < -0.3 is 11.1 Å². The minimum absolute atomic E-state index is 0.111. The van der Waals surface area contributed by atoms with E-state index in [4.69, 9.17) is 5.73 Å². The number of amides is 1. The monoisotopic (exact) mass is 270 g/mol. The van der Waals surface area contributed by atoms with Gasteiger partial charge >= 0.3 is 0 Å². The van der Waals surface area contributed by atoms with Crippen LogP contribution in [0.1, 0.15) is 43.2 Å². The molecule has 1 fully saturated rings. The molecule has 0 spiro atoms. The molecule has 1 aromatic carbocycles. The van der Waals surface area contributed by atoms with Gasteiger partial charge in [-0.25, -0.2) is 0 Å². The average molecular weight is 270 g/mol. The Morgan fingerprint density at radius 3 is 2.80 bits per heavy atom. The van der Waals surface area contributed by atoms with Crippen molar-refractivity contribution in [3.8, 4) is 11.8 Å². The molecule has 0 radical (unpaired) electrons. The first-order valence-electron chi connectivity index (χ1n) is 7.28. The molecule has 106 valence electrons. The highest BCUT2D eigenvalue weighted by molar-refractivity contribution is 5.91. The van der Waals surface area contributed by atoms with Crippen LogP contribution in [0.3, 0.4) is 0 Å². The van der Waals surface area contributed by atoms with E-state index in [1.54, 1.807) is 0 Å². The third kappa shape index (κ3) is 4.40. The summed E-state index contributed by atoms with van der Waals surface area (Å²) in [6.45, 7) is 2.34. The van der Waals surface area contributed by atoms with E-state index in [9.17, 15) is 4.79 Å². The Hall–Kier alpha value is -1.79. The maximum Gasteiger partial charge on any atom is 0.224 e. The molecule has 20 heavy (non-hydrogen) atoms. The first-order chi connectivity index (χ1) is 9.67. The summed E-state index contributed by atoms with van der Waals surface area (Å²) < 4.78 is 0. The fourth-order valence-electron chi connectivity index (χ4n) is 2.77. The molecule has 0 unspecified atom stereocenters. The van der Waals surface area contributed by atoms with Gasteiger partial charge in [-0.2, -0.15) is 0 Å². The zero-order chi connectivity index (χ0) is 14.4. The summed E-state index contributed by atoms with van der Waals surface area (Å²) in [5.41, 5.74) is 8.19. The van der Waals surface area contributed by atoms with Crippen LogP contribution in [0, 0.1) is 24.7 Å². The van der Waals surface area contributed by atoms with Gasteiger partial charge in [0.2, 0.25) is 5.91 Å². The van der Waals surface area contributed by atoms with Crippen molar-refractivity contribution in [3.05, 3.63) is 29.3 Å². The van der Waals surface area contributed by atoms with Crippen molar-refractivity contribution in [1.29, 1.82) is 0 Å². The van der Waals surface area contributed by atoms with E-state index in [2.05, 4.69) is 17.2 Å². The van der Waals surface area contributed by atoms with Gasteiger partial charge in [-0.05, 0) is 49.4 Å². The van der Waals surface area contributed by atoms with Crippen LogP contribution in [0.4, 0.5) is 5.69 Å². The van der Waals surface area contributed by atoms with Crippen molar-refractivity contribution in [2.75, 3.05) is 11.9 Å². The Kier molecular flexibility index (Phi) is 5.20. The average Bonchev–Trinajstić information content (AvgIpc) is 2.88. The van der Waals surface area contributed by atoms with E-state index in [-0.39, 0.29) is 5.91 Å². The molecule has 3 heteroatoms. The first kappa shape index (κ1) is 14.6. The first-order valence-corrected chi connectivity index (χ1v) is 7.28. The van der Waals surface area contributed by atoms with Crippen LogP contribution in [-0.2, 0) is 4.79 Å². The van der Waals surface area contributed by atoms with Gasteiger partial charge in [0.1, 0.15) is 0 Å². The van der Waals surface area contributed by atoms with Gasteiger partial charge in [0, 0.05) is 17.7 Å². The molecule has 1 amide bonds. The lowest BCUT2D eigenvalue weighted by Crippen LogP contribution is -2.15. The topological polar surface area (TPSA) is 55.1 Å². The molecule has 1 aromatic rings. The third-order valence-corrected chi connectivity index (χ3v) is 3.64. The maximum absolute atomic E-state index is 12.0. The van der Waals surface area contributed by atoms with E-state index in [1.807, 2.05) is 25.1 Å². The highest BCUT2D eigenvalue weighted by Crippen LogP contribution is 2.27. The number of aryl methyl sites for hydroxylation is 1. The molecule has 1 aliphatic rings. The number of anilines is 1. The fourth-order valence-corrected chi connectivity index (χ4v) is 2.77. The summed E-state index contributed by atoms with van der Waals surface area (Å²) in [5, 5.41) is 2.99. The Bertz CT molecular complexity index is 534. The van der Waals surface area contributed by atoms with Gasteiger partial charge in [0.15, 0.2) is 0 Å². The minimum Gasteiger partial charge on any atom is -0.326 e. The molecule has 1 saturated carbocycles. The molecule has 0 atom stereocenters. The number of nitrogens with two attached hydrogens (primary N) is 1. The van der Waals surface area contributed by atoms with Gasteiger partial charge in [-0.3, -0.25) is 4.79 Å². The van der Waals surface area contributed by atoms with Gasteiger partial charge in [-0.15, -0.1) is 0 Å². The highest BCUT2D eigenvalue weighted by atomic mass is 16.1. The van der Waals surface area contributed by atoms with Crippen LogP contribution < -0.4 is 11.1 Å². The number of carbonyl (C=O) groups is 1. The zero-order valence-electron chi connectivity index (χ0n) is 12.0. The summed E-state index contributed by atoms with van der Waals surface area (Å²) in [5.74, 6) is 6.52. The second-order valence-corrected chi connectivity index (χ2v) is 5.50. The lowest BCUT2D eigenvalue weighted by atomic mass is 10.0. The summed E-state index contributed by atoms with van der Waals surface area (Å²) >= 11 is 0. The van der Waals surface area contributed by atoms with Crippen LogP contribution in [0.2, 0.25) is 0 Å². The predicted octanol–water partition coefficient (Wildman–Crippen LogP) is 2.82. The van der Waals surface area contributed by atoms with Crippen LogP contribution >= 0.6 is 0 Å². The molecule has 0 bridgehead atoms. The second-order valence-electron chi connectivity index (χ2n) is 5.50. The normalized spacial score (nSPS) is 14.7. The van der Waals surface area contributed by atoms with Crippen molar-refractivity contribution < 1.29 is 4.79 Å².